The molecule has 0 aliphatic heterocycles. The molecule has 1 rings (SSSR count). The minimum atomic E-state index is -0.309. The fourth-order valence-electron chi connectivity index (χ4n) is 0.926. The van der Waals surface area contributed by atoms with Crippen molar-refractivity contribution in [3.8, 4) is 0 Å². The van der Waals surface area contributed by atoms with Crippen LogP contribution in [0.4, 0.5) is 5.69 Å². The van der Waals surface area contributed by atoms with Crippen LogP contribution in [-0.4, -0.2) is 11.7 Å². The smallest absolute Gasteiger partial charge is 0.180 e. The number of halogens is 3. The lowest BCUT2D eigenvalue weighted by atomic mass is 10.1. The first-order valence-corrected chi connectivity index (χ1v) is 4.69. The Hall–Kier alpha value is -0.440. The highest BCUT2D eigenvalue weighted by atomic mass is 35.5. The SMILES string of the molecule is Nc1cc(Cl)c(C(=O)CCl)c(Cl)c1. The van der Waals surface area contributed by atoms with Crippen LogP contribution in [0, 0.1) is 0 Å². The van der Waals surface area contributed by atoms with E-state index in [1.165, 1.54) is 12.1 Å². The molecular weight excluding hydrogens is 232 g/mol. The number of rotatable bonds is 2. The predicted octanol–water partition coefficient (Wildman–Crippen LogP) is 3.00. The van der Waals surface area contributed by atoms with E-state index in [4.69, 9.17) is 40.5 Å². The summed E-state index contributed by atoms with van der Waals surface area (Å²) in [7, 11) is 0. The molecular formula is C8H6Cl3NO. The van der Waals surface area contributed by atoms with Gasteiger partial charge in [-0.1, -0.05) is 23.2 Å². The van der Waals surface area contributed by atoms with E-state index in [0.29, 0.717) is 5.69 Å². The molecule has 0 radical (unpaired) electrons. The Bertz CT molecular complexity index is 328. The molecule has 0 fully saturated rings. The lowest BCUT2D eigenvalue weighted by Gasteiger charge is -2.04. The zero-order valence-corrected chi connectivity index (χ0v) is 8.75. The number of alkyl halides is 1. The second-order valence-electron chi connectivity index (χ2n) is 2.42. The van der Waals surface area contributed by atoms with Crippen LogP contribution in [-0.2, 0) is 0 Å². The molecule has 0 unspecified atom stereocenters. The van der Waals surface area contributed by atoms with Crippen molar-refractivity contribution in [1.82, 2.24) is 0 Å². The van der Waals surface area contributed by atoms with Gasteiger partial charge in [0.25, 0.3) is 0 Å². The number of Topliss-reactive ketones (excluding diaryl/α,β-unsaturated/α-hetero) is 1. The number of hydrogen-bond donors (Lipinski definition) is 1. The summed E-state index contributed by atoms with van der Waals surface area (Å²) in [5.41, 5.74) is 6.10. The van der Waals surface area contributed by atoms with Crippen LogP contribution in [0.1, 0.15) is 10.4 Å². The summed E-state index contributed by atoms with van der Waals surface area (Å²) in [6.45, 7) is 0. The zero-order valence-electron chi connectivity index (χ0n) is 6.48. The Morgan fingerprint density at radius 1 is 1.31 bits per heavy atom. The Morgan fingerprint density at radius 3 is 2.15 bits per heavy atom. The first-order valence-electron chi connectivity index (χ1n) is 3.40. The molecule has 70 valence electrons. The number of nitrogens with two attached hydrogens (primary N) is 1. The van der Waals surface area contributed by atoms with Gasteiger partial charge in [0.1, 0.15) is 0 Å². The summed E-state index contributed by atoms with van der Waals surface area (Å²) in [6, 6.07) is 2.93. The predicted molar refractivity (Wildman–Crippen MR) is 55.9 cm³/mol. The van der Waals surface area contributed by atoms with Crippen LogP contribution in [0.3, 0.4) is 0 Å². The number of nitrogen functional groups attached to an aromatic ring is 1. The van der Waals surface area contributed by atoms with Gasteiger partial charge in [0, 0.05) is 5.69 Å². The van der Waals surface area contributed by atoms with Crippen molar-refractivity contribution < 1.29 is 4.79 Å². The van der Waals surface area contributed by atoms with E-state index >= 15 is 0 Å². The molecule has 0 aliphatic rings. The molecule has 0 heterocycles. The Labute approximate surface area is 90.6 Å². The summed E-state index contributed by atoms with van der Waals surface area (Å²) in [6.07, 6.45) is 0. The van der Waals surface area contributed by atoms with Crippen molar-refractivity contribution in [1.29, 1.82) is 0 Å². The fraction of sp³-hybridized carbons (Fsp3) is 0.125. The highest BCUT2D eigenvalue weighted by molar-refractivity contribution is 6.42. The van der Waals surface area contributed by atoms with Crippen LogP contribution < -0.4 is 5.73 Å². The lowest BCUT2D eigenvalue weighted by molar-refractivity contribution is 0.102. The van der Waals surface area contributed by atoms with Crippen LogP contribution >= 0.6 is 34.8 Å². The third-order valence-corrected chi connectivity index (χ3v) is 2.30. The van der Waals surface area contributed by atoms with Gasteiger partial charge >= 0.3 is 0 Å². The summed E-state index contributed by atoms with van der Waals surface area (Å²) < 4.78 is 0. The van der Waals surface area contributed by atoms with Gasteiger partial charge in [-0.3, -0.25) is 4.79 Å². The van der Waals surface area contributed by atoms with E-state index in [1.807, 2.05) is 0 Å². The lowest BCUT2D eigenvalue weighted by Crippen LogP contribution is -2.03. The number of anilines is 1. The molecule has 0 amide bonds. The number of carbonyl (C=O) groups is 1. The van der Waals surface area contributed by atoms with E-state index < -0.39 is 0 Å². The van der Waals surface area contributed by atoms with Gasteiger partial charge in [-0.15, -0.1) is 11.6 Å². The fourth-order valence-corrected chi connectivity index (χ4v) is 1.77. The molecule has 1 aromatic rings. The van der Waals surface area contributed by atoms with Gasteiger partial charge < -0.3 is 5.73 Å². The average molecular weight is 239 g/mol. The van der Waals surface area contributed by atoms with Crippen molar-refractivity contribution in [3.05, 3.63) is 27.7 Å². The van der Waals surface area contributed by atoms with Crippen LogP contribution in [0.2, 0.25) is 10.0 Å². The van der Waals surface area contributed by atoms with Gasteiger partial charge in [-0.05, 0) is 12.1 Å². The molecule has 0 aliphatic carbocycles. The van der Waals surface area contributed by atoms with Crippen molar-refractivity contribution in [2.45, 2.75) is 0 Å². The summed E-state index contributed by atoms with van der Waals surface area (Å²) >= 11 is 16.9. The second-order valence-corrected chi connectivity index (χ2v) is 3.50. The van der Waals surface area contributed by atoms with E-state index in [2.05, 4.69) is 0 Å². The number of benzene rings is 1. The van der Waals surface area contributed by atoms with Crippen molar-refractivity contribution in [3.63, 3.8) is 0 Å². The third kappa shape index (κ3) is 2.27. The normalized spacial score (nSPS) is 10.1. The molecule has 13 heavy (non-hydrogen) atoms. The minimum Gasteiger partial charge on any atom is -0.399 e. The van der Waals surface area contributed by atoms with Gasteiger partial charge in [0.15, 0.2) is 5.78 Å². The first-order chi connectivity index (χ1) is 6.06. The maximum Gasteiger partial charge on any atom is 0.180 e. The van der Waals surface area contributed by atoms with E-state index in [0.717, 1.165) is 0 Å². The zero-order chi connectivity index (χ0) is 10.0. The topological polar surface area (TPSA) is 43.1 Å². The Morgan fingerprint density at radius 2 is 1.77 bits per heavy atom. The molecule has 2 N–H and O–H groups in total. The maximum absolute atomic E-state index is 11.2. The molecule has 0 saturated heterocycles. The second kappa shape index (κ2) is 4.18. The molecule has 5 heteroatoms. The number of ketones is 1. The molecule has 0 saturated carbocycles. The van der Waals surface area contributed by atoms with Gasteiger partial charge in [0.05, 0.1) is 21.5 Å². The Balaban J connectivity index is 3.28. The van der Waals surface area contributed by atoms with Gasteiger partial charge in [-0.2, -0.15) is 0 Å². The summed E-state index contributed by atoms with van der Waals surface area (Å²) in [5, 5.41) is 0.464. The molecule has 0 atom stereocenters. The van der Waals surface area contributed by atoms with Crippen molar-refractivity contribution in [2.75, 3.05) is 11.6 Å². The van der Waals surface area contributed by atoms with Crippen molar-refractivity contribution >= 4 is 46.3 Å². The summed E-state index contributed by atoms with van der Waals surface area (Å²) in [4.78, 5) is 11.2. The van der Waals surface area contributed by atoms with Gasteiger partial charge in [-0.25, -0.2) is 0 Å². The van der Waals surface area contributed by atoms with E-state index in [1.54, 1.807) is 0 Å². The van der Waals surface area contributed by atoms with Crippen molar-refractivity contribution in [2.24, 2.45) is 0 Å². The summed E-state index contributed by atoms with van der Waals surface area (Å²) in [5.74, 6) is -0.458. The monoisotopic (exact) mass is 237 g/mol. The van der Waals surface area contributed by atoms with Gasteiger partial charge in [0.2, 0.25) is 0 Å². The molecule has 0 bridgehead atoms. The standard InChI is InChI=1S/C8H6Cl3NO/c9-3-7(13)8-5(10)1-4(12)2-6(8)11/h1-2H,3,12H2. The largest absolute Gasteiger partial charge is 0.399 e. The highest BCUT2D eigenvalue weighted by Crippen LogP contribution is 2.28. The van der Waals surface area contributed by atoms with E-state index in [9.17, 15) is 4.79 Å². The highest BCUT2D eigenvalue weighted by Gasteiger charge is 2.14. The molecule has 0 aromatic heterocycles. The number of carbonyl (C=O) groups excluding carboxylic acids is 1. The third-order valence-electron chi connectivity index (χ3n) is 1.46. The van der Waals surface area contributed by atoms with Crippen LogP contribution in [0.15, 0.2) is 12.1 Å². The quantitative estimate of drug-likeness (QED) is 0.489. The molecule has 1 aromatic carbocycles. The van der Waals surface area contributed by atoms with Crippen LogP contribution in [0.5, 0.6) is 0 Å². The molecule has 2 nitrogen and oxygen atoms in total. The number of hydrogen-bond acceptors (Lipinski definition) is 2. The minimum absolute atomic E-state index is 0.149. The Kier molecular flexibility index (Phi) is 3.42. The maximum atomic E-state index is 11.2. The first kappa shape index (κ1) is 10.6. The van der Waals surface area contributed by atoms with Crippen LogP contribution in [0.25, 0.3) is 0 Å². The molecule has 0 spiro atoms. The average Bonchev–Trinajstić information content (AvgIpc) is 2.02. The van der Waals surface area contributed by atoms with E-state index in [-0.39, 0.29) is 27.3 Å².